The second kappa shape index (κ2) is 28.9. The van der Waals surface area contributed by atoms with Crippen molar-refractivity contribution in [2.45, 2.75) is 117 Å². The van der Waals surface area contributed by atoms with Crippen LogP contribution in [0.15, 0.2) is 72.8 Å². The molecule has 0 aliphatic carbocycles. The highest BCUT2D eigenvalue weighted by Gasteiger charge is 2.20. The Hall–Kier alpha value is -5.31. The van der Waals surface area contributed by atoms with E-state index < -0.39 is 0 Å². The van der Waals surface area contributed by atoms with Crippen LogP contribution < -0.4 is 44.7 Å². The number of halogens is 1. The number of para-hydroxylation sites is 4. The number of carbonyl (C=O) groups excluding carboxylic acids is 2. The molecule has 14 nitrogen and oxygen atoms in total. The number of rotatable bonds is 17. The fourth-order valence-corrected chi connectivity index (χ4v) is 8.42. The molecule has 3 N–H and O–H groups in total. The molecule has 2 amide bonds. The smallest absolute Gasteiger partial charge is 0.225 e. The van der Waals surface area contributed by atoms with Gasteiger partial charge in [0.05, 0.1) is 36.8 Å². The van der Waals surface area contributed by atoms with Crippen molar-refractivity contribution in [3.05, 3.63) is 83.9 Å². The minimum absolute atomic E-state index is 0. The summed E-state index contributed by atoms with van der Waals surface area (Å²) in [6, 6.07) is 24.5. The first-order valence-corrected chi connectivity index (χ1v) is 24.9. The molecule has 0 atom stereocenters. The molecule has 68 heavy (non-hydrogen) atoms. The number of nitrogens with zero attached hydrogens (tertiary/aromatic N) is 5. The maximum absolute atomic E-state index is 11.6. The first-order chi connectivity index (χ1) is 32.6. The summed E-state index contributed by atoms with van der Waals surface area (Å²) in [7, 11) is 0. The maximum atomic E-state index is 11.6. The van der Waals surface area contributed by atoms with Crippen molar-refractivity contribution >= 4 is 47.2 Å². The number of aryl methyl sites for hydroxylation is 2. The summed E-state index contributed by atoms with van der Waals surface area (Å²) in [6.45, 7) is 21.4. The minimum Gasteiger partial charge on any atom is -0.489 e. The van der Waals surface area contributed by atoms with Gasteiger partial charge < -0.3 is 49.6 Å². The van der Waals surface area contributed by atoms with E-state index >= 15 is 0 Å². The first-order valence-electron chi connectivity index (χ1n) is 24.9. The quantitative estimate of drug-likeness (QED) is 0.0869. The number of ether oxygens (including phenoxy) is 4. The second-order valence-electron chi connectivity index (χ2n) is 18.1. The van der Waals surface area contributed by atoms with E-state index in [4.69, 9.17) is 18.9 Å². The fourth-order valence-electron chi connectivity index (χ4n) is 8.42. The van der Waals surface area contributed by atoms with Gasteiger partial charge in [-0.1, -0.05) is 44.0 Å². The van der Waals surface area contributed by atoms with E-state index in [2.05, 4.69) is 112 Å². The highest BCUT2D eigenvalue weighted by molar-refractivity contribution is 5.93. The zero-order chi connectivity index (χ0) is 47.2. The largest absolute Gasteiger partial charge is 0.489 e. The van der Waals surface area contributed by atoms with Gasteiger partial charge in [0.1, 0.15) is 23.1 Å². The summed E-state index contributed by atoms with van der Waals surface area (Å²) < 4.78 is 23.3. The Morgan fingerprint density at radius 2 is 1.10 bits per heavy atom. The lowest BCUT2D eigenvalue weighted by Gasteiger charge is -2.26. The number of anilines is 4. The Balaban J connectivity index is 0.000000208. The summed E-state index contributed by atoms with van der Waals surface area (Å²) in [5.41, 5.74) is 4.60. The van der Waals surface area contributed by atoms with E-state index in [1.54, 1.807) is 0 Å². The third-order valence-corrected chi connectivity index (χ3v) is 11.8. The van der Waals surface area contributed by atoms with Gasteiger partial charge in [0, 0.05) is 64.2 Å². The number of unbranched alkanes of at least 4 members (excludes halogenated alkanes) is 3. The molecule has 0 unspecified atom stereocenters. The summed E-state index contributed by atoms with van der Waals surface area (Å²) >= 11 is 0. The van der Waals surface area contributed by atoms with Crippen LogP contribution in [0.2, 0.25) is 0 Å². The lowest BCUT2D eigenvalue weighted by molar-refractivity contribution is -0.117. The topological polar surface area (TPSA) is 143 Å². The summed E-state index contributed by atoms with van der Waals surface area (Å²) in [6.07, 6.45) is 10.8. The van der Waals surface area contributed by atoms with E-state index in [-0.39, 0.29) is 36.4 Å². The molecular weight excluding hydrogens is 880 g/mol. The number of amides is 2. The number of pyridine rings is 2. The summed E-state index contributed by atoms with van der Waals surface area (Å²) in [5, 5.41) is 9.03. The lowest BCUT2D eigenvalue weighted by atomic mass is 10.1. The van der Waals surface area contributed by atoms with Gasteiger partial charge in [0.15, 0.2) is 0 Å². The van der Waals surface area contributed by atoms with Crippen LogP contribution in [0.25, 0.3) is 0 Å². The molecule has 6 heterocycles. The van der Waals surface area contributed by atoms with Crippen LogP contribution in [-0.2, 0) is 22.4 Å². The van der Waals surface area contributed by atoms with E-state index in [0.717, 1.165) is 120 Å². The molecule has 4 aliphatic heterocycles. The van der Waals surface area contributed by atoms with E-state index in [1.807, 2.05) is 36.4 Å². The van der Waals surface area contributed by atoms with Crippen LogP contribution in [0.3, 0.4) is 0 Å². The third kappa shape index (κ3) is 17.6. The van der Waals surface area contributed by atoms with Crippen molar-refractivity contribution in [1.82, 2.24) is 20.2 Å². The number of hydrogen-bond acceptors (Lipinski definition) is 12. The molecule has 8 rings (SSSR count). The van der Waals surface area contributed by atoms with Gasteiger partial charge in [-0.15, -0.1) is 12.4 Å². The van der Waals surface area contributed by atoms with Gasteiger partial charge >= 0.3 is 0 Å². The second-order valence-corrected chi connectivity index (χ2v) is 18.1. The third-order valence-electron chi connectivity index (χ3n) is 11.8. The monoisotopic (exact) mass is 957 g/mol. The summed E-state index contributed by atoms with van der Waals surface area (Å²) in [5.74, 6) is 4.54. The fraction of sp³-hybridized carbons (Fsp3) is 0.547. The molecule has 2 aromatic carbocycles. The Morgan fingerprint density at radius 3 is 1.66 bits per heavy atom. The molecule has 4 aliphatic rings. The first kappa shape index (κ1) is 53.6. The molecule has 0 radical (unpaired) electrons. The molecule has 4 aromatic rings. The number of benzene rings is 2. The summed E-state index contributed by atoms with van der Waals surface area (Å²) in [4.78, 5) is 39.0. The zero-order valence-electron chi connectivity index (χ0n) is 41.2. The number of carbonyl (C=O) groups is 2. The Kier molecular flexibility index (Phi) is 22.8. The highest BCUT2D eigenvalue weighted by atomic mass is 35.5. The van der Waals surface area contributed by atoms with Crippen molar-refractivity contribution in [1.29, 1.82) is 0 Å². The molecule has 15 heteroatoms. The Morgan fingerprint density at radius 1 is 0.574 bits per heavy atom. The minimum atomic E-state index is 0. The van der Waals surface area contributed by atoms with Crippen molar-refractivity contribution < 1.29 is 28.5 Å². The van der Waals surface area contributed by atoms with Gasteiger partial charge in [0.2, 0.25) is 23.6 Å². The van der Waals surface area contributed by atoms with Crippen molar-refractivity contribution in [3.63, 3.8) is 0 Å². The predicted molar refractivity (Wildman–Crippen MR) is 277 cm³/mol. The predicted octanol–water partition coefficient (Wildman–Crippen LogP) is 9.36. The highest BCUT2D eigenvalue weighted by Crippen LogP contribution is 2.31. The molecule has 2 saturated heterocycles. The van der Waals surface area contributed by atoms with Crippen LogP contribution in [0.1, 0.15) is 104 Å². The molecule has 0 bridgehead atoms. The van der Waals surface area contributed by atoms with E-state index in [0.29, 0.717) is 49.5 Å². The number of fused-ring (bicyclic) bond motifs is 2. The normalized spacial score (nSPS) is 15.9. The molecular formula is C53H77ClN8O6. The van der Waals surface area contributed by atoms with E-state index in [9.17, 15) is 9.59 Å². The standard InChI is InChI=1S/C26H36N4O3.C14H22N2O.C13H18N2O2.ClH/c1-20(2)33-23-9-4-3-8-22(23)30-16-7-15-29(17-18-30)14-5-6-19-32-25-13-11-21-10-12-24(31)27-26(21)28-25;1-12(2)17-14-7-4-3-6-13(14)16-10-5-8-15-9-11-16;1-2-3-4-9-17-12-8-6-10-5-7-11(16)14-13(10)15-12;/h3-4,8-9,11,13,20H,5-7,10,12,14-19H2,1-2H3,(H,27,28,31);3-4,6-7,12,15H,5,8-11H2,1-2H3;6,8H,2-5,7,9H2,1H3,(H,14,15,16);1H. The molecule has 372 valence electrons. The van der Waals surface area contributed by atoms with Crippen molar-refractivity contribution in [3.8, 4) is 23.3 Å². The van der Waals surface area contributed by atoms with Gasteiger partial charge in [-0.05, 0) is 140 Å². The van der Waals surface area contributed by atoms with Crippen LogP contribution in [0.5, 0.6) is 23.3 Å². The van der Waals surface area contributed by atoms with Gasteiger partial charge in [-0.3, -0.25) is 9.59 Å². The Bertz CT molecular complexity index is 2130. The molecule has 2 fully saturated rings. The average Bonchev–Trinajstić information content (AvgIpc) is 3.74. The van der Waals surface area contributed by atoms with Gasteiger partial charge in [-0.2, -0.15) is 9.97 Å². The maximum Gasteiger partial charge on any atom is 0.225 e. The van der Waals surface area contributed by atoms with Gasteiger partial charge in [-0.25, -0.2) is 0 Å². The van der Waals surface area contributed by atoms with E-state index in [1.165, 1.54) is 30.6 Å². The lowest BCUT2D eigenvalue weighted by Crippen LogP contribution is -2.31. The van der Waals surface area contributed by atoms with Crippen LogP contribution in [0, 0.1) is 0 Å². The zero-order valence-corrected chi connectivity index (χ0v) is 42.0. The van der Waals surface area contributed by atoms with Crippen LogP contribution >= 0.6 is 12.4 Å². The van der Waals surface area contributed by atoms with Crippen LogP contribution in [0.4, 0.5) is 23.0 Å². The van der Waals surface area contributed by atoms with Crippen molar-refractivity contribution in [2.75, 3.05) is 92.5 Å². The molecule has 0 saturated carbocycles. The molecule has 0 spiro atoms. The number of hydrogen-bond donors (Lipinski definition) is 3. The SMILES string of the molecule is CC(C)Oc1ccccc1N1CCCN(CCCCOc2ccc3c(n2)NC(=O)CC3)CC1.CC(C)Oc1ccccc1N1CCCNCC1.CCCCCOc1ccc2c(n1)NC(=O)CC2.Cl. The molecule has 2 aromatic heterocycles. The average molecular weight is 958 g/mol. The Labute approximate surface area is 411 Å². The van der Waals surface area contributed by atoms with Crippen LogP contribution in [-0.4, -0.2) is 111 Å². The van der Waals surface area contributed by atoms with Crippen molar-refractivity contribution in [2.24, 2.45) is 0 Å². The van der Waals surface area contributed by atoms with Gasteiger partial charge in [0.25, 0.3) is 0 Å². The number of aromatic nitrogens is 2. The number of nitrogens with one attached hydrogen (secondary N) is 3.